The Morgan fingerprint density at radius 2 is 1.83 bits per heavy atom. The number of nitrogens with zero attached hydrogens (tertiary/aromatic N) is 1. The summed E-state index contributed by atoms with van der Waals surface area (Å²) in [4.78, 5) is 26.0. The number of likely N-dealkylation sites (N-methyl/N-ethyl adjacent to an activating group) is 1. The number of hydrogen-bond donors (Lipinski definition) is 2. The summed E-state index contributed by atoms with van der Waals surface area (Å²) in [5.41, 5.74) is 1.58. The molecule has 1 saturated carbocycles. The first-order valence-corrected chi connectivity index (χ1v) is 8.88. The molecule has 0 aliphatic heterocycles. The minimum absolute atomic E-state index is 0.0136. The fourth-order valence-electron chi connectivity index (χ4n) is 2.97. The summed E-state index contributed by atoms with van der Waals surface area (Å²) < 4.78 is 0. The van der Waals surface area contributed by atoms with Crippen LogP contribution in [0, 0.1) is 5.92 Å². The van der Waals surface area contributed by atoms with Gasteiger partial charge in [-0.1, -0.05) is 39.2 Å². The quantitative estimate of drug-likeness (QED) is 0.839. The third-order valence-electron chi connectivity index (χ3n) is 4.61. The van der Waals surface area contributed by atoms with Gasteiger partial charge in [0.1, 0.15) is 0 Å². The Bertz CT molecular complexity index is 565. The van der Waals surface area contributed by atoms with Gasteiger partial charge < -0.3 is 15.5 Å². The summed E-state index contributed by atoms with van der Waals surface area (Å²) in [5.74, 6) is 0.0334. The van der Waals surface area contributed by atoms with E-state index in [0.717, 1.165) is 24.2 Å². The molecule has 0 spiro atoms. The maximum atomic E-state index is 12.4. The van der Waals surface area contributed by atoms with Crippen molar-refractivity contribution in [3.8, 4) is 0 Å². The van der Waals surface area contributed by atoms with Gasteiger partial charge in [-0.2, -0.15) is 0 Å². The van der Waals surface area contributed by atoms with Crippen molar-refractivity contribution >= 4 is 23.2 Å². The van der Waals surface area contributed by atoms with E-state index < -0.39 is 0 Å². The molecule has 5 heteroatoms. The van der Waals surface area contributed by atoms with Crippen molar-refractivity contribution in [3.05, 3.63) is 24.3 Å². The van der Waals surface area contributed by atoms with Gasteiger partial charge in [0.25, 0.3) is 0 Å². The van der Waals surface area contributed by atoms with E-state index in [1.807, 2.05) is 50.1 Å². The van der Waals surface area contributed by atoms with Crippen LogP contribution in [0.25, 0.3) is 0 Å². The lowest BCUT2D eigenvalue weighted by Crippen LogP contribution is -2.41. The largest absolute Gasteiger partial charge is 0.376 e. The number of carbonyl (C=O) groups excluding carboxylic acids is 2. The molecule has 2 N–H and O–H groups in total. The van der Waals surface area contributed by atoms with Crippen molar-refractivity contribution in [2.24, 2.45) is 5.92 Å². The van der Waals surface area contributed by atoms with E-state index >= 15 is 0 Å². The van der Waals surface area contributed by atoms with Gasteiger partial charge >= 0.3 is 0 Å². The lowest BCUT2D eigenvalue weighted by atomic mass is 9.94. The lowest BCUT2D eigenvalue weighted by molar-refractivity contribution is -0.130. The Balaban J connectivity index is 1.87. The molecule has 2 rings (SSSR count). The van der Waals surface area contributed by atoms with E-state index in [2.05, 4.69) is 10.6 Å². The van der Waals surface area contributed by atoms with Crippen LogP contribution in [0.3, 0.4) is 0 Å². The molecule has 5 nitrogen and oxygen atoms in total. The van der Waals surface area contributed by atoms with Crippen LogP contribution >= 0.6 is 0 Å². The van der Waals surface area contributed by atoms with E-state index in [4.69, 9.17) is 0 Å². The highest BCUT2D eigenvalue weighted by molar-refractivity contribution is 5.92. The molecule has 24 heavy (non-hydrogen) atoms. The van der Waals surface area contributed by atoms with E-state index in [-0.39, 0.29) is 24.3 Å². The fraction of sp³-hybridized carbons (Fsp3) is 0.579. The minimum atomic E-state index is -0.0627. The molecule has 0 radical (unpaired) electrons. The summed E-state index contributed by atoms with van der Waals surface area (Å²) in [7, 11) is 1.90. The zero-order valence-corrected chi connectivity index (χ0v) is 15.0. The zero-order valence-electron chi connectivity index (χ0n) is 15.0. The summed E-state index contributed by atoms with van der Waals surface area (Å²) in [6.07, 6.45) is 5.93. The zero-order chi connectivity index (χ0) is 17.5. The first-order valence-electron chi connectivity index (χ1n) is 8.88. The Hall–Kier alpha value is -2.04. The molecular weight excluding hydrogens is 302 g/mol. The van der Waals surface area contributed by atoms with Crippen LogP contribution in [0.4, 0.5) is 11.4 Å². The second kappa shape index (κ2) is 8.71. The van der Waals surface area contributed by atoms with Gasteiger partial charge in [-0.3, -0.25) is 9.59 Å². The molecule has 1 aromatic rings. The van der Waals surface area contributed by atoms with Gasteiger partial charge in [0.05, 0.1) is 6.54 Å². The van der Waals surface area contributed by atoms with E-state index in [1.54, 1.807) is 0 Å². The van der Waals surface area contributed by atoms with E-state index in [0.29, 0.717) is 6.04 Å². The molecule has 2 amide bonds. The fourth-order valence-corrected chi connectivity index (χ4v) is 2.97. The van der Waals surface area contributed by atoms with Gasteiger partial charge in [-0.15, -0.1) is 0 Å². The predicted octanol–water partition coefficient (Wildman–Crippen LogP) is 3.48. The van der Waals surface area contributed by atoms with Gasteiger partial charge in [0.15, 0.2) is 0 Å². The molecule has 0 aromatic heterocycles. The van der Waals surface area contributed by atoms with Crippen molar-refractivity contribution in [3.63, 3.8) is 0 Å². The van der Waals surface area contributed by atoms with Crippen LogP contribution in [0.15, 0.2) is 24.3 Å². The standard InChI is InChI=1S/C19H29N3O2/c1-14(2)19(24)21-16-9-7-8-15(12-16)20-13-18(23)22(3)17-10-5-4-6-11-17/h7-9,12,14,17,20H,4-6,10-11,13H2,1-3H3,(H,21,24). The Kier molecular flexibility index (Phi) is 6.64. The average Bonchev–Trinajstić information content (AvgIpc) is 2.60. The molecule has 1 fully saturated rings. The van der Waals surface area contributed by atoms with E-state index in [1.165, 1.54) is 19.3 Å². The Morgan fingerprint density at radius 1 is 1.17 bits per heavy atom. The Labute approximate surface area is 144 Å². The number of nitrogens with one attached hydrogen (secondary N) is 2. The molecule has 0 saturated heterocycles. The monoisotopic (exact) mass is 331 g/mol. The van der Waals surface area contributed by atoms with Crippen molar-refractivity contribution in [1.82, 2.24) is 4.90 Å². The van der Waals surface area contributed by atoms with Gasteiger partial charge in [-0.05, 0) is 31.0 Å². The number of rotatable bonds is 6. The molecule has 1 aliphatic rings. The molecular formula is C19H29N3O2. The third kappa shape index (κ3) is 5.25. The maximum absolute atomic E-state index is 12.4. The first kappa shape index (κ1) is 18.3. The predicted molar refractivity (Wildman–Crippen MR) is 98.0 cm³/mol. The normalized spacial score (nSPS) is 15.2. The number of benzene rings is 1. The summed E-state index contributed by atoms with van der Waals surface area (Å²) in [5, 5.41) is 6.03. The summed E-state index contributed by atoms with van der Waals surface area (Å²) in [6, 6.07) is 7.85. The van der Waals surface area contributed by atoms with Gasteiger partial charge in [0, 0.05) is 30.4 Å². The lowest BCUT2D eigenvalue weighted by Gasteiger charge is -2.31. The smallest absolute Gasteiger partial charge is 0.241 e. The van der Waals surface area contributed by atoms with Crippen LogP contribution < -0.4 is 10.6 Å². The van der Waals surface area contributed by atoms with Gasteiger partial charge in [-0.25, -0.2) is 0 Å². The van der Waals surface area contributed by atoms with Crippen LogP contribution in [0.5, 0.6) is 0 Å². The summed E-state index contributed by atoms with van der Waals surface area (Å²) in [6.45, 7) is 3.99. The van der Waals surface area contributed by atoms with Crippen LogP contribution in [-0.2, 0) is 9.59 Å². The van der Waals surface area contributed by atoms with Gasteiger partial charge in [0.2, 0.25) is 11.8 Å². The molecule has 0 unspecified atom stereocenters. The topological polar surface area (TPSA) is 61.4 Å². The SMILES string of the molecule is CC(C)C(=O)Nc1cccc(NCC(=O)N(C)C2CCCCC2)c1. The molecule has 0 bridgehead atoms. The molecule has 0 atom stereocenters. The molecule has 1 aromatic carbocycles. The highest BCUT2D eigenvalue weighted by Crippen LogP contribution is 2.22. The van der Waals surface area contributed by atoms with Crippen LogP contribution in [0.2, 0.25) is 0 Å². The van der Waals surface area contributed by atoms with Crippen LogP contribution in [-0.4, -0.2) is 36.3 Å². The second-order valence-corrected chi connectivity index (χ2v) is 6.87. The average molecular weight is 331 g/mol. The molecule has 0 heterocycles. The van der Waals surface area contributed by atoms with E-state index in [9.17, 15) is 9.59 Å². The third-order valence-corrected chi connectivity index (χ3v) is 4.61. The number of hydrogen-bond acceptors (Lipinski definition) is 3. The van der Waals surface area contributed by atoms with Crippen molar-refractivity contribution in [2.75, 3.05) is 24.2 Å². The Morgan fingerprint density at radius 3 is 2.50 bits per heavy atom. The minimum Gasteiger partial charge on any atom is -0.376 e. The molecule has 132 valence electrons. The number of carbonyl (C=O) groups is 2. The van der Waals surface area contributed by atoms with Crippen molar-refractivity contribution in [1.29, 1.82) is 0 Å². The number of amides is 2. The highest BCUT2D eigenvalue weighted by atomic mass is 16.2. The number of anilines is 2. The second-order valence-electron chi connectivity index (χ2n) is 6.87. The van der Waals surface area contributed by atoms with Crippen LogP contribution in [0.1, 0.15) is 46.0 Å². The summed E-state index contributed by atoms with van der Waals surface area (Å²) >= 11 is 0. The maximum Gasteiger partial charge on any atom is 0.241 e. The van der Waals surface area contributed by atoms with Crippen molar-refractivity contribution < 1.29 is 9.59 Å². The molecule has 1 aliphatic carbocycles. The first-order chi connectivity index (χ1) is 11.5. The highest BCUT2D eigenvalue weighted by Gasteiger charge is 2.21. The van der Waals surface area contributed by atoms with Crippen molar-refractivity contribution in [2.45, 2.75) is 52.0 Å².